The maximum Gasteiger partial charge on any atom is 0.234 e. The van der Waals surface area contributed by atoms with E-state index in [4.69, 9.17) is 4.74 Å². The summed E-state index contributed by atoms with van der Waals surface area (Å²) >= 11 is 0. The highest BCUT2D eigenvalue weighted by molar-refractivity contribution is 5.78. The van der Waals surface area contributed by atoms with Crippen LogP contribution in [-0.4, -0.2) is 56.7 Å². The fraction of sp³-hybridized carbons (Fsp3) is 0.650. The number of hydrogen-bond acceptors (Lipinski definition) is 4. The number of methoxy groups -OCH3 is 1. The van der Waals surface area contributed by atoms with Crippen molar-refractivity contribution in [2.24, 2.45) is 0 Å². The Hall–Kier alpha value is -1.75. The number of amides is 1. The summed E-state index contributed by atoms with van der Waals surface area (Å²) in [4.78, 5) is 16.8. The lowest BCUT2D eigenvalue weighted by molar-refractivity contribution is -0.123. The van der Waals surface area contributed by atoms with Crippen molar-refractivity contribution in [1.29, 1.82) is 0 Å². The average molecular weight is 348 g/mol. The van der Waals surface area contributed by atoms with Gasteiger partial charge in [-0.2, -0.15) is 0 Å². The molecule has 1 atom stereocenters. The smallest absolute Gasteiger partial charge is 0.234 e. The Labute approximate surface area is 152 Å². The Morgan fingerprint density at radius 1 is 1.20 bits per heavy atom. The number of nitrogens with zero attached hydrogens (tertiary/aromatic N) is 2. The molecule has 25 heavy (non-hydrogen) atoms. The van der Waals surface area contributed by atoms with Crippen LogP contribution in [0.5, 0.6) is 5.75 Å². The molecule has 0 aromatic heterocycles. The topological polar surface area (TPSA) is 44.8 Å². The fourth-order valence-corrected chi connectivity index (χ4v) is 3.33. The highest BCUT2D eigenvalue weighted by Gasteiger charge is 2.21. The zero-order valence-electron chi connectivity index (χ0n) is 16.0. The van der Waals surface area contributed by atoms with Crippen LogP contribution in [0.2, 0.25) is 0 Å². The van der Waals surface area contributed by atoms with Crippen molar-refractivity contribution in [3.63, 3.8) is 0 Å². The first-order valence-electron chi connectivity index (χ1n) is 9.53. The van der Waals surface area contributed by atoms with E-state index in [1.54, 1.807) is 7.11 Å². The number of anilines is 1. The lowest BCUT2D eigenvalue weighted by Crippen LogP contribution is -2.50. The first-order chi connectivity index (χ1) is 12.1. The maximum absolute atomic E-state index is 12.2. The van der Waals surface area contributed by atoms with Gasteiger partial charge >= 0.3 is 0 Å². The Bertz CT molecular complexity index is 527. The molecule has 0 aliphatic carbocycles. The quantitative estimate of drug-likeness (QED) is 0.698. The number of benzene rings is 1. The summed E-state index contributed by atoms with van der Waals surface area (Å²) in [5, 5.41) is 3.13. The van der Waals surface area contributed by atoms with Crippen LogP contribution < -0.4 is 15.0 Å². The Balaban J connectivity index is 1.74. The molecule has 1 unspecified atom stereocenters. The van der Waals surface area contributed by atoms with Crippen LogP contribution in [0, 0.1) is 0 Å². The molecule has 1 aliphatic heterocycles. The van der Waals surface area contributed by atoms with Gasteiger partial charge in [-0.1, -0.05) is 38.3 Å². The minimum Gasteiger partial charge on any atom is -0.495 e. The molecule has 5 nitrogen and oxygen atoms in total. The lowest BCUT2D eigenvalue weighted by atomic mass is 10.1. The van der Waals surface area contributed by atoms with Gasteiger partial charge in [0, 0.05) is 32.2 Å². The molecule has 140 valence electrons. The van der Waals surface area contributed by atoms with Gasteiger partial charge in [0.25, 0.3) is 0 Å². The van der Waals surface area contributed by atoms with Gasteiger partial charge in [-0.05, 0) is 25.5 Å². The first kappa shape index (κ1) is 19.6. The molecule has 0 spiro atoms. The van der Waals surface area contributed by atoms with Crippen LogP contribution in [0.4, 0.5) is 5.69 Å². The molecule has 1 saturated heterocycles. The summed E-state index contributed by atoms with van der Waals surface area (Å²) in [5.74, 6) is 1.06. The molecule has 0 bridgehead atoms. The van der Waals surface area contributed by atoms with Crippen molar-refractivity contribution < 1.29 is 9.53 Å². The van der Waals surface area contributed by atoms with Crippen LogP contribution in [0.1, 0.15) is 39.5 Å². The molecule has 1 aliphatic rings. The van der Waals surface area contributed by atoms with Crippen LogP contribution in [0.25, 0.3) is 0 Å². The largest absolute Gasteiger partial charge is 0.495 e. The number of rotatable bonds is 9. The summed E-state index contributed by atoms with van der Waals surface area (Å²) in [5.41, 5.74) is 1.14. The molecule has 0 radical (unpaired) electrons. The van der Waals surface area contributed by atoms with Gasteiger partial charge in [-0.15, -0.1) is 0 Å². The molecule has 1 aromatic rings. The zero-order chi connectivity index (χ0) is 18.1. The number of ether oxygens (including phenoxy) is 1. The summed E-state index contributed by atoms with van der Waals surface area (Å²) in [7, 11) is 1.71. The second-order valence-corrected chi connectivity index (χ2v) is 6.90. The Morgan fingerprint density at radius 2 is 1.92 bits per heavy atom. The SMILES string of the molecule is CCCCCC(C)NC(=O)CN1CCN(c2ccccc2OC)CC1. The lowest BCUT2D eigenvalue weighted by Gasteiger charge is -2.36. The number of carbonyl (C=O) groups excluding carboxylic acids is 1. The van der Waals surface area contributed by atoms with E-state index in [1.807, 2.05) is 18.2 Å². The number of unbranched alkanes of at least 4 members (excludes halogenated alkanes) is 2. The van der Waals surface area contributed by atoms with E-state index in [2.05, 4.69) is 35.0 Å². The van der Waals surface area contributed by atoms with E-state index < -0.39 is 0 Å². The van der Waals surface area contributed by atoms with Crippen molar-refractivity contribution in [2.45, 2.75) is 45.6 Å². The summed E-state index contributed by atoms with van der Waals surface area (Å²) < 4.78 is 5.45. The Kier molecular flexibility index (Phi) is 8.06. The molecule has 2 rings (SSSR count). The number of nitrogens with one attached hydrogen (secondary N) is 1. The Morgan fingerprint density at radius 3 is 2.60 bits per heavy atom. The zero-order valence-corrected chi connectivity index (χ0v) is 16.0. The van der Waals surface area contributed by atoms with Gasteiger partial charge in [0.2, 0.25) is 5.91 Å². The maximum atomic E-state index is 12.2. The minimum absolute atomic E-state index is 0.148. The van der Waals surface area contributed by atoms with E-state index in [9.17, 15) is 4.79 Å². The average Bonchev–Trinajstić information content (AvgIpc) is 2.62. The molecule has 1 amide bonds. The van der Waals surface area contributed by atoms with Gasteiger partial charge in [-0.25, -0.2) is 0 Å². The van der Waals surface area contributed by atoms with Gasteiger partial charge in [0.1, 0.15) is 5.75 Å². The standard InChI is InChI=1S/C20H33N3O2/c1-4-5-6-9-17(2)21-20(24)16-22-12-14-23(15-13-22)18-10-7-8-11-19(18)25-3/h7-8,10-11,17H,4-6,9,12-16H2,1-3H3,(H,21,24). The predicted octanol–water partition coefficient (Wildman–Crippen LogP) is 2.90. The van der Waals surface area contributed by atoms with Gasteiger partial charge in [0.05, 0.1) is 19.3 Å². The van der Waals surface area contributed by atoms with Crippen LogP contribution >= 0.6 is 0 Å². The van der Waals surface area contributed by atoms with Crippen LogP contribution in [0.3, 0.4) is 0 Å². The predicted molar refractivity (Wildman–Crippen MR) is 103 cm³/mol. The fourth-order valence-electron chi connectivity index (χ4n) is 3.33. The third kappa shape index (κ3) is 6.24. The van der Waals surface area contributed by atoms with Crippen molar-refractivity contribution >= 4 is 11.6 Å². The van der Waals surface area contributed by atoms with E-state index >= 15 is 0 Å². The van der Waals surface area contributed by atoms with Crippen molar-refractivity contribution in [2.75, 3.05) is 44.7 Å². The van der Waals surface area contributed by atoms with E-state index in [0.29, 0.717) is 6.54 Å². The molecule has 0 saturated carbocycles. The van der Waals surface area contributed by atoms with Crippen LogP contribution in [-0.2, 0) is 4.79 Å². The van der Waals surface area contributed by atoms with Crippen molar-refractivity contribution in [1.82, 2.24) is 10.2 Å². The molecule has 1 heterocycles. The highest BCUT2D eigenvalue weighted by Crippen LogP contribution is 2.28. The molecule has 1 fully saturated rings. The molecule has 5 heteroatoms. The number of hydrogen-bond donors (Lipinski definition) is 1. The third-order valence-electron chi connectivity index (χ3n) is 4.81. The number of carbonyl (C=O) groups is 1. The monoisotopic (exact) mass is 347 g/mol. The third-order valence-corrected chi connectivity index (χ3v) is 4.81. The van der Waals surface area contributed by atoms with E-state index in [0.717, 1.165) is 44.0 Å². The van der Waals surface area contributed by atoms with Crippen molar-refractivity contribution in [3.8, 4) is 5.75 Å². The van der Waals surface area contributed by atoms with Crippen LogP contribution in [0.15, 0.2) is 24.3 Å². The highest BCUT2D eigenvalue weighted by atomic mass is 16.5. The van der Waals surface area contributed by atoms with E-state index in [-0.39, 0.29) is 11.9 Å². The molecule has 1 aromatic carbocycles. The normalized spacial score (nSPS) is 16.5. The first-order valence-corrected chi connectivity index (χ1v) is 9.53. The van der Waals surface area contributed by atoms with E-state index in [1.165, 1.54) is 19.3 Å². The molecule has 1 N–H and O–H groups in total. The summed E-state index contributed by atoms with van der Waals surface area (Å²) in [6, 6.07) is 8.39. The minimum atomic E-state index is 0.148. The molecular weight excluding hydrogens is 314 g/mol. The van der Waals surface area contributed by atoms with Gasteiger partial charge in [-0.3, -0.25) is 9.69 Å². The molecular formula is C20H33N3O2. The van der Waals surface area contributed by atoms with Gasteiger partial charge < -0.3 is 15.0 Å². The summed E-state index contributed by atoms with van der Waals surface area (Å²) in [6.07, 6.45) is 4.72. The van der Waals surface area contributed by atoms with Crippen molar-refractivity contribution in [3.05, 3.63) is 24.3 Å². The number of para-hydroxylation sites is 2. The second kappa shape index (κ2) is 10.3. The van der Waals surface area contributed by atoms with Gasteiger partial charge in [0.15, 0.2) is 0 Å². The second-order valence-electron chi connectivity index (χ2n) is 6.90. The number of piperazine rings is 1. The summed E-state index contributed by atoms with van der Waals surface area (Å²) in [6.45, 7) is 8.43.